The molecule has 3 nitrogen and oxygen atoms in total. The molecule has 0 spiro atoms. The van der Waals surface area contributed by atoms with Gasteiger partial charge in [-0.05, 0) is 40.5 Å². The van der Waals surface area contributed by atoms with Crippen molar-refractivity contribution in [1.82, 2.24) is 14.5 Å². The molecule has 0 N–H and O–H groups in total. The average Bonchev–Trinajstić information content (AvgIpc) is 2.47. The Balaban J connectivity index is 2.32. The van der Waals surface area contributed by atoms with E-state index in [1.54, 1.807) is 0 Å². The smallest absolute Gasteiger partial charge is 0.127 e. The molecule has 2 rings (SSSR count). The van der Waals surface area contributed by atoms with E-state index in [4.69, 9.17) is 0 Å². The van der Waals surface area contributed by atoms with Gasteiger partial charge in [0.2, 0.25) is 0 Å². The van der Waals surface area contributed by atoms with Crippen molar-refractivity contribution in [2.45, 2.75) is 13.3 Å². The van der Waals surface area contributed by atoms with Crippen molar-refractivity contribution in [2.24, 2.45) is 7.05 Å². The SMILES string of the molecule is Cc1nc(Br)c(Cc2ccncc2)n1C. The van der Waals surface area contributed by atoms with E-state index in [0.717, 1.165) is 16.8 Å². The summed E-state index contributed by atoms with van der Waals surface area (Å²) < 4.78 is 3.03. The van der Waals surface area contributed by atoms with Crippen LogP contribution in [0, 0.1) is 6.92 Å². The van der Waals surface area contributed by atoms with E-state index in [2.05, 4.69) is 30.5 Å². The highest BCUT2D eigenvalue weighted by Gasteiger charge is 2.09. The highest BCUT2D eigenvalue weighted by atomic mass is 79.9. The molecule has 0 aliphatic heterocycles. The van der Waals surface area contributed by atoms with Gasteiger partial charge in [0.1, 0.15) is 10.4 Å². The maximum atomic E-state index is 4.37. The molecule has 0 saturated carbocycles. The zero-order valence-corrected chi connectivity index (χ0v) is 10.3. The lowest BCUT2D eigenvalue weighted by atomic mass is 10.1. The van der Waals surface area contributed by atoms with E-state index in [-0.39, 0.29) is 0 Å². The van der Waals surface area contributed by atoms with Gasteiger partial charge in [0.05, 0.1) is 5.69 Å². The Morgan fingerprint density at radius 2 is 2.00 bits per heavy atom. The molecule has 78 valence electrons. The maximum Gasteiger partial charge on any atom is 0.127 e. The van der Waals surface area contributed by atoms with Crippen LogP contribution in [0.5, 0.6) is 0 Å². The van der Waals surface area contributed by atoms with E-state index in [9.17, 15) is 0 Å². The second-order valence-electron chi connectivity index (χ2n) is 3.49. The Kier molecular flexibility index (Phi) is 2.86. The summed E-state index contributed by atoms with van der Waals surface area (Å²) in [5.41, 5.74) is 2.44. The van der Waals surface area contributed by atoms with Crippen molar-refractivity contribution in [3.05, 3.63) is 46.2 Å². The number of aryl methyl sites for hydroxylation is 1. The molecule has 0 unspecified atom stereocenters. The number of hydrogen-bond donors (Lipinski definition) is 0. The molecule has 0 aliphatic carbocycles. The van der Waals surface area contributed by atoms with Crippen LogP contribution in [0.3, 0.4) is 0 Å². The van der Waals surface area contributed by atoms with Crippen LogP contribution in [-0.2, 0) is 13.5 Å². The summed E-state index contributed by atoms with van der Waals surface area (Å²) in [5, 5.41) is 0. The second kappa shape index (κ2) is 4.14. The van der Waals surface area contributed by atoms with E-state index in [1.807, 2.05) is 38.5 Å². The summed E-state index contributed by atoms with van der Waals surface area (Å²) >= 11 is 3.48. The third kappa shape index (κ3) is 2.09. The van der Waals surface area contributed by atoms with Gasteiger partial charge in [-0.3, -0.25) is 4.98 Å². The predicted octanol–water partition coefficient (Wildman–Crippen LogP) is 2.48. The molecule has 0 amide bonds. The third-order valence-electron chi connectivity index (χ3n) is 2.51. The fraction of sp³-hybridized carbons (Fsp3) is 0.273. The van der Waals surface area contributed by atoms with Crippen LogP contribution in [0.25, 0.3) is 0 Å². The standard InChI is InChI=1S/C11H12BrN3/c1-8-14-11(12)10(15(8)2)7-9-3-5-13-6-4-9/h3-6H,7H2,1-2H3. The topological polar surface area (TPSA) is 30.7 Å². The van der Waals surface area contributed by atoms with Gasteiger partial charge in [0, 0.05) is 25.9 Å². The number of aromatic nitrogens is 3. The molecule has 0 fully saturated rings. The van der Waals surface area contributed by atoms with Gasteiger partial charge in [-0.2, -0.15) is 0 Å². The Bertz CT molecular complexity index is 462. The first-order valence-electron chi connectivity index (χ1n) is 4.75. The molecule has 0 saturated heterocycles. The average molecular weight is 266 g/mol. The second-order valence-corrected chi connectivity index (χ2v) is 4.24. The Hall–Kier alpha value is -1.16. The fourth-order valence-electron chi connectivity index (χ4n) is 1.50. The van der Waals surface area contributed by atoms with Crippen LogP contribution in [-0.4, -0.2) is 14.5 Å². The quantitative estimate of drug-likeness (QED) is 0.836. The van der Waals surface area contributed by atoms with Crippen molar-refractivity contribution in [3.63, 3.8) is 0 Å². The lowest BCUT2D eigenvalue weighted by molar-refractivity contribution is 0.805. The van der Waals surface area contributed by atoms with Crippen molar-refractivity contribution >= 4 is 15.9 Å². The van der Waals surface area contributed by atoms with Gasteiger partial charge in [0.15, 0.2) is 0 Å². The molecule has 2 heterocycles. The molecule has 15 heavy (non-hydrogen) atoms. The first-order chi connectivity index (χ1) is 7.18. The van der Waals surface area contributed by atoms with E-state index >= 15 is 0 Å². The van der Waals surface area contributed by atoms with Crippen LogP contribution >= 0.6 is 15.9 Å². The summed E-state index contributed by atoms with van der Waals surface area (Å²) in [6.45, 7) is 2.00. The first kappa shape index (κ1) is 10.4. The van der Waals surface area contributed by atoms with Crippen molar-refractivity contribution in [1.29, 1.82) is 0 Å². The zero-order valence-electron chi connectivity index (χ0n) is 8.74. The molecule has 2 aromatic rings. The maximum absolute atomic E-state index is 4.37. The molecular formula is C11H12BrN3. The third-order valence-corrected chi connectivity index (χ3v) is 3.14. The minimum Gasteiger partial charge on any atom is -0.334 e. The van der Waals surface area contributed by atoms with Crippen LogP contribution in [0.2, 0.25) is 0 Å². The highest BCUT2D eigenvalue weighted by Crippen LogP contribution is 2.19. The Morgan fingerprint density at radius 1 is 1.33 bits per heavy atom. The van der Waals surface area contributed by atoms with Crippen LogP contribution in [0.4, 0.5) is 0 Å². The summed E-state index contributed by atoms with van der Waals surface area (Å²) in [7, 11) is 2.03. The largest absolute Gasteiger partial charge is 0.334 e. The Labute approximate surface area is 97.3 Å². The number of nitrogens with zero attached hydrogens (tertiary/aromatic N) is 3. The van der Waals surface area contributed by atoms with E-state index in [0.29, 0.717) is 0 Å². The molecule has 4 heteroatoms. The van der Waals surface area contributed by atoms with Crippen LogP contribution < -0.4 is 0 Å². The Morgan fingerprint density at radius 3 is 2.53 bits per heavy atom. The summed E-state index contributed by atoms with van der Waals surface area (Å²) in [6, 6.07) is 4.05. The normalized spacial score (nSPS) is 10.6. The lowest BCUT2D eigenvalue weighted by Gasteiger charge is -2.04. The zero-order chi connectivity index (χ0) is 10.8. The van der Waals surface area contributed by atoms with Crippen molar-refractivity contribution in [2.75, 3.05) is 0 Å². The van der Waals surface area contributed by atoms with Gasteiger partial charge >= 0.3 is 0 Å². The van der Waals surface area contributed by atoms with Gasteiger partial charge in [-0.15, -0.1) is 0 Å². The number of pyridine rings is 1. The predicted molar refractivity (Wildman–Crippen MR) is 62.7 cm³/mol. The molecule has 0 aromatic carbocycles. The van der Waals surface area contributed by atoms with Crippen molar-refractivity contribution in [3.8, 4) is 0 Å². The number of imidazole rings is 1. The molecule has 0 atom stereocenters. The fourth-order valence-corrected chi connectivity index (χ4v) is 2.16. The van der Waals surface area contributed by atoms with Gasteiger partial charge in [-0.1, -0.05) is 0 Å². The first-order valence-corrected chi connectivity index (χ1v) is 5.54. The van der Waals surface area contributed by atoms with E-state index < -0.39 is 0 Å². The molecule has 2 aromatic heterocycles. The molecule has 0 bridgehead atoms. The summed E-state index contributed by atoms with van der Waals surface area (Å²) in [5.74, 6) is 1.02. The number of rotatable bonds is 2. The lowest BCUT2D eigenvalue weighted by Crippen LogP contribution is -1.99. The summed E-state index contributed by atoms with van der Waals surface area (Å²) in [4.78, 5) is 8.37. The summed E-state index contributed by atoms with van der Waals surface area (Å²) in [6.07, 6.45) is 4.50. The monoisotopic (exact) mass is 265 g/mol. The highest BCUT2D eigenvalue weighted by molar-refractivity contribution is 9.10. The molecular weight excluding hydrogens is 254 g/mol. The van der Waals surface area contributed by atoms with Gasteiger partial charge in [-0.25, -0.2) is 4.98 Å². The van der Waals surface area contributed by atoms with Crippen LogP contribution in [0.15, 0.2) is 29.1 Å². The van der Waals surface area contributed by atoms with E-state index in [1.165, 1.54) is 11.3 Å². The molecule has 0 aliphatic rings. The minimum absolute atomic E-state index is 0.875. The number of hydrogen-bond acceptors (Lipinski definition) is 2. The van der Waals surface area contributed by atoms with Crippen LogP contribution in [0.1, 0.15) is 17.1 Å². The van der Waals surface area contributed by atoms with Gasteiger partial charge < -0.3 is 4.57 Å². The van der Waals surface area contributed by atoms with Crippen molar-refractivity contribution < 1.29 is 0 Å². The van der Waals surface area contributed by atoms with Gasteiger partial charge in [0.25, 0.3) is 0 Å². The molecule has 0 radical (unpaired) electrons. The number of halogens is 1. The minimum atomic E-state index is 0.875.